The van der Waals surface area contributed by atoms with E-state index in [0.717, 1.165) is 22.6 Å². The molecule has 9 aromatic carbocycles. The number of rotatable bonds is 6. The Morgan fingerprint density at radius 2 is 0.907 bits per heavy atom. The zero-order valence-electron chi connectivity index (χ0n) is 30.4. The van der Waals surface area contributed by atoms with E-state index < -0.39 is 0 Å². The van der Waals surface area contributed by atoms with Gasteiger partial charge in [0.2, 0.25) is 0 Å². The van der Waals surface area contributed by atoms with Crippen LogP contribution in [-0.4, -0.2) is 4.57 Å². The second-order valence-corrected chi connectivity index (χ2v) is 14.3. The van der Waals surface area contributed by atoms with Crippen molar-refractivity contribution in [3.8, 4) is 5.69 Å². The molecule has 0 aliphatic rings. The molecule has 0 N–H and O–H groups in total. The molecule has 0 aliphatic carbocycles. The second-order valence-electron chi connectivity index (χ2n) is 14.3. The predicted octanol–water partition coefficient (Wildman–Crippen LogP) is 14.5. The lowest BCUT2D eigenvalue weighted by Crippen LogP contribution is -2.09. The maximum absolute atomic E-state index is 2.45. The van der Waals surface area contributed by atoms with Gasteiger partial charge in [0.1, 0.15) is 0 Å². The molecule has 0 spiro atoms. The molecule has 1 heterocycles. The van der Waals surface area contributed by atoms with Crippen LogP contribution < -0.4 is 4.90 Å². The molecular formula is C52H38N2. The normalized spacial score (nSPS) is 11.8. The minimum absolute atomic E-state index is 1.12. The van der Waals surface area contributed by atoms with Gasteiger partial charge in [-0.05, 0) is 123 Å². The zero-order valence-corrected chi connectivity index (χ0v) is 30.4. The van der Waals surface area contributed by atoms with Gasteiger partial charge >= 0.3 is 0 Å². The summed E-state index contributed by atoms with van der Waals surface area (Å²) in [6.07, 6.45) is 4.45. The average molecular weight is 691 g/mol. The third kappa shape index (κ3) is 5.43. The SMILES string of the molecule is Cc1c(C)n(-c2cc3ccccc3c3ccccc23)c2ccc(C=Cc3ccc(N(c4ccc5ccccc5c4)c4ccc5ccccc5c4)cc3)cc12. The number of fused-ring (bicyclic) bond motifs is 6. The summed E-state index contributed by atoms with van der Waals surface area (Å²) >= 11 is 0. The van der Waals surface area contributed by atoms with Crippen molar-refractivity contribution in [2.45, 2.75) is 13.8 Å². The van der Waals surface area contributed by atoms with Crippen LogP contribution in [0.25, 0.3) is 71.8 Å². The Hall–Kier alpha value is -6.90. The molecule has 256 valence electrons. The molecule has 10 aromatic rings. The zero-order chi connectivity index (χ0) is 36.2. The van der Waals surface area contributed by atoms with Crippen LogP contribution in [0.2, 0.25) is 0 Å². The standard InChI is InChI=1S/C52H38N2/c1-35-36(2)53(52-34-43-15-7-8-16-47(43)48-17-9-10-18-49(48)52)51-30-23-38(31-50(35)51)20-19-37-21-26-44(27-22-37)54(45-28-24-39-11-3-5-13-41(39)32-45)46-29-25-40-12-4-6-14-42(40)33-46/h3-34H,1-2H3. The molecule has 0 saturated carbocycles. The molecule has 0 unspecified atom stereocenters. The van der Waals surface area contributed by atoms with Gasteiger partial charge in [-0.3, -0.25) is 0 Å². The number of benzene rings is 9. The molecule has 0 saturated heterocycles. The summed E-state index contributed by atoms with van der Waals surface area (Å²) < 4.78 is 2.45. The van der Waals surface area contributed by atoms with Gasteiger partial charge in [-0.2, -0.15) is 0 Å². The van der Waals surface area contributed by atoms with Crippen LogP contribution in [-0.2, 0) is 0 Å². The Kier molecular flexibility index (Phi) is 7.63. The van der Waals surface area contributed by atoms with Crippen molar-refractivity contribution in [2.24, 2.45) is 0 Å². The van der Waals surface area contributed by atoms with Gasteiger partial charge in [-0.25, -0.2) is 0 Å². The summed E-state index contributed by atoms with van der Waals surface area (Å²) in [5.74, 6) is 0. The van der Waals surface area contributed by atoms with Gasteiger partial charge in [0.05, 0.1) is 11.2 Å². The Morgan fingerprint density at radius 1 is 0.389 bits per heavy atom. The summed E-state index contributed by atoms with van der Waals surface area (Å²) in [4.78, 5) is 2.36. The summed E-state index contributed by atoms with van der Waals surface area (Å²) in [5, 5.41) is 11.3. The molecule has 0 radical (unpaired) electrons. The van der Waals surface area contributed by atoms with E-state index in [1.807, 2.05) is 0 Å². The Balaban J connectivity index is 0.998. The molecule has 0 atom stereocenters. The van der Waals surface area contributed by atoms with Crippen molar-refractivity contribution < 1.29 is 0 Å². The van der Waals surface area contributed by atoms with E-state index in [0.29, 0.717) is 0 Å². The maximum atomic E-state index is 2.45. The fraction of sp³-hybridized carbons (Fsp3) is 0.0385. The van der Waals surface area contributed by atoms with Gasteiger partial charge in [-0.15, -0.1) is 0 Å². The largest absolute Gasteiger partial charge is 0.313 e. The second kappa shape index (κ2) is 12.9. The lowest BCUT2D eigenvalue weighted by molar-refractivity contribution is 1.05. The van der Waals surface area contributed by atoms with Crippen LogP contribution in [0.1, 0.15) is 22.4 Å². The number of aromatic nitrogens is 1. The molecule has 2 nitrogen and oxygen atoms in total. The van der Waals surface area contributed by atoms with Crippen LogP contribution in [0.4, 0.5) is 17.1 Å². The topological polar surface area (TPSA) is 8.17 Å². The fourth-order valence-electron chi connectivity index (χ4n) is 8.23. The number of anilines is 3. The van der Waals surface area contributed by atoms with Crippen LogP contribution in [0, 0.1) is 13.8 Å². The minimum atomic E-state index is 1.12. The summed E-state index contributed by atoms with van der Waals surface area (Å²) in [6.45, 7) is 4.50. The predicted molar refractivity (Wildman–Crippen MR) is 233 cm³/mol. The lowest BCUT2D eigenvalue weighted by atomic mass is 10.00. The number of nitrogens with zero attached hydrogens (tertiary/aromatic N) is 2. The first-order valence-electron chi connectivity index (χ1n) is 18.7. The van der Waals surface area contributed by atoms with Crippen molar-refractivity contribution in [2.75, 3.05) is 4.90 Å². The molecule has 10 rings (SSSR count). The Morgan fingerprint density at radius 3 is 1.57 bits per heavy atom. The molecule has 0 bridgehead atoms. The average Bonchev–Trinajstić information content (AvgIpc) is 3.48. The first-order chi connectivity index (χ1) is 26.6. The van der Waals surface area contributed by atoms with Gasteiger partial charge in [0.15, 0.2) is 0 Å². The highest BCUT2D eigenvalue weighted by atomic mass is 15.1. The molecule has 54 heavy (non-hydrogen) atoms. The number of hydrogen-bond acceptors (Lipinski definition) is 1. The van der Waals surface area contributed by atoms with E-state index in [-0.39, 0.29) is 0 Å². The van der Waals surface area contributed by atoms with E-state index in [2.05, 4.69) is 217 Å². The van der Waals surface area contributed by atoms with Crippen molar-refractivity contribution in [3.05, 3.63) is 204 Å². The van der Waals surface area contributed by atoms with Crippen molar-refractivity contribution in [1.82, 2.24) is 4.57 Å². The lowest BCUT2D eigenvalue weighted by Gasteiger charge is -2.26. The molecule has 0 fully saturated rings. The van der Waals surface area contributed by atoms with E-state index in [1.54, 1.807) is 0 Å². The summed E-state index contributed by atoms with van der Waals surface area (Å²) in [7, 11) is 0. The van der Waals surface area contributed by atoms with E-state index in [1.165, 1.54) is 76.5 Å². The van der Waals surface area contributed by atoms with Gasteiger partial charge in [-0.1, -0.05) is 140 Å². The van der Waals surface area contributed by atoms with Crippen LogP contribution in [0.3, 0.4) is 0 Å². The minimum Gasteiger partial charge on any atom is -0.313 e. The smallest absolute Gasteiger partial charge is 0.0543 e. The van der Waals surface area contributed by atoms with E-state index in [9.17, 15) is 0 Å². The maximum Gasteiger partial charge on any atom is 0.0543 e. The fourth-order valence-corrected chi connectivity index (χ4v) is 8.23. The Labute approximate surface area is 315 Å². The number of hydrogen-bond donors (Lipinski definition) is 0. The Bertz CT molecular complexity index is 2990. The molecule has 2 heteroatoms. The summed E-state index contributed by atoms with van der Waals surface area (Å²) in [5.41, 5.74) is 10.8. The molecule has 0 aliphatic heterocycles. The van der Waals surface area contributed by atoms with Gasteiger partial charge in [0, 0.05) is 33.5 Å². The quantitative estimate of drug-likeness (QED) is 0.125. The van der Waals surface area contributed by atoms with Crippen LogP contribution >= 0.6 is 0 Å². The van der Waals surface area contributed by atoms with Gasteiger partial charge in [0.25, 0.3) is 0 Å². The molecule has 1 aromatic heterocycles. The van der Waals surface area contributed by atoms with Crippen molar-refractivity contribution in [1.29, 1.82) is 0 Å². The van der Waals surface area contributed by atoms with Crippen molar-refractivity contribution in [3.63, 3.8) is 0 Å². The highest BCUT2D eigenvalue weighted by Gasteiger charge is 2.17. The third-order valence-corrected chi connectivity index (χ3v) is 11.1. The summed E-state index contributed by atoms with van der Waals surface area (Å²) in [6, 6.07) is 66.2. The van der Waals surface area contributed by atoms with Gasteiger partial charge < -0.3 is 9.47 Å². The first-order valence-corrected chi connectivity index (χ1v) is 18.7. The highest BCUT2D eigenvalue weighted by Crippen LogP contribution is 2.39. The number of aryl methyl sites for hydroxylation is 1. The highest BCUT2D eigenvalue weighted by molar-refractivity contribution is 6.12. The van der Waals surface area contributed by atoms with E-state index in [4.69, 9.17) is 0 Å². The molecular weight excluding hydrogens is 653 g/mol. The van der Waals surface area contributed by atoms with Crippen molar-refractivity contribution >= 4 is 83.2 Å². The third-order valence-electron chi connectivity index (χ3n) is 11.1. The molecule has 0 amide bonds. The van der Waals surface area contributed by atoms with Crippen LogP contribution in [0.5, 0.6) is 0 Å². The van der Waals surface area contributed by atoms with E-state index >= 15 is 0 Å². The first kappa shape index (κ1) is 31.8. The van der Waals surface area contributed by atoms with Crippen LogP contribution in [0.15, 0.2) is 182 Å². The monoisotopic (exact) mass is 690 g/mol.